The minimum atomic E-state index is -1.48. The van der Waals surface area contributed by atoms with Crippen molar-refractivity contribution in [1.29, 1.82) is 0 Å². The third-order valence-corrected chi connectivity index (χ3v) is 4.80. The van der Waals surface area contributed by atoms with Crippen LogP contribution in [0.15, 0.2) is 0 Å². The molecule has 1 saturated heterocycles. The van der Waals surface area contributed by atoms with E-state index in [4.69, 9.17) is 18.9 Å². The molecule has 1 fully saturated rings. The Bertz CT molecular complexity index is 701. The van der Waals surface area contributed by atoms with E-state index in [2.05, 4.69) is 0 Å². The van der Waals surface area contributed by atoms with Crippen LogP contribution in [0.3, 0.4) is 0 Å². The van der Waals surface area contributed by atoms with Gasteiger partial charge in [-0.05, 0) is 26.3 Å². The van der Waals surface area contributed by atoms with Crippen LogP contribution in [-0.4, -0.2) is 59.1 Å². The van der Waals surface area contributed by atoms with Gasteiger partial charge in [0.2, 0.25) is 6.29 Å². The predicted octanol–water partition coefficient (Wildman–Crippen LogP) is 0.189. The smallest absolute Gasteiger partial charge is 0.342 e. The fourth-order valence-electron chi connectivity index (χ4n) is 3.32. The highest BCUT2D eigenvalue weighted by Crippen LogP contribution is 2.42. The Morgan fingerprint density at radius 1 is 1.04 bits per heavy atom. The molecule has 0 aliphatic carbocycles. The molecule has 0 unspecified atom stereocenters. The number of aliphatic hydroxyl groups excluding tert-OH is 3. The van der Waals surface area contributed by atoms with Crippen molar-refractivity contribution in [2.24, 2.45) is 0 Å². The van der Waals surface area contributed by atoms with Gasteiger partial charge in [-0.15, -0.1) is 0 Å². The van der Waals surface area contributed by atoms with E-state index in [0.29, 0.717) is 16.9 Å². The molecule has 8 heteroatoms. The van der Waals surface area contributed by atoms with Crippen LogP contribution in [0.4, 0.5) is 0 Å². The van der Waals surface area contributed by atoms with Gasteiger partial charge in [-0.2, -0.15) is 0 Å². The van der Waals surface area contributed by atoms with E-state index in [0.717, 1.165) is 5.56 Å². The highest BCUT2D eigenvalue weighted by Gasteiger charge is 2.44. The second kappa shape index (κ2) is 6.45. The van der Waals surface area contributed by atoms with Crippen molar-refractivity contribution in [1.82, 2.24) is 0 Å². The van der Waals surface area contributed by atoms with Gasteiger partial charge in [-0.25, -0.2) is 4.79 Å². The summed E-state index contributed by atoms with van der Waals surface area (Å²) in [6.45, 7) is 5.21. The minimum Gasteiger partial charge on any atom is -0.496 e. The number of hydrogen-bond acceptors (Lipinski definition) is 8. The van der Waals surface area contributed by atoms with Crippen LogP contribution in [0, 0.1) is 13.8 Å². The number of fused-ring (bicyclic) bond motifs is 1. The number of methoxy groups -OCH3 is 1. The van der Waals surface area contributed by atoms with Crippen LogP contribution >= 0.6 is 0 Å². The Morgan fingerprint density at radius 2 is 1.72 bits per heavy atom. The molecule has 25 heavy (non-hydrogen) atoms. The first kappa shape index (κ1) is 17.9. The number of esters is 1. The van der Waals surface area contributed by atoms with Crippen molar-refractivity contribution in [2.75, 3.05) is 7.11 Å². The van der Waals surface area contributed by atoms with Crippen LogP contribution in [-0.2, 0) is 16.1 Å². The van der Waals surface area contributed by atoms with Crippen molar-refractivity contribution < 1.29 is 39.1 Å². The molecule has 0 aromatic heterocycles. The maximum absolute atomic E-state index is 12.2. The maximum Gasteiger partial charge on any atom is 0.342 e. The van der Waals surface area contributed by atoms with E-state index in [1.807, 2.05) is 6.92 Å². The molecule has 3 N–H and O–H groups in total. The number of carbonyl (C=O) groups excluding carboxylic acids is 1. The third-order valence-electron chi connectivity index (χ3n) is 4.80. The Morgan fingerprint density at radius 3 is 2.36 bits per heavy atom. The van der Waals surface area contributed by atoms with Crippen LogP contribution < -0.4 is 9.47 Å². The maximum atomic E-state index is 12.2. The molecule has 8 nitrogen and oxygen atoms in total. The molecular formula is C17H22O8. The van der Waals surface area contributed by atoms with Crippen LogP contribution in [0.2, 0.25) is 0 Å². The molecule has 138 valence electrons. The van der Waals surface area contributed by atoms with Gasteiger partial charge in [0.1, 0.15) is 42.0 Å². The van der Waals surface area contributed by atoms with Crippen molar-refractivity contribution in [2.45, 2.75) is 58.1 Å². The molecule has 2 aliphatic heterocycles. The van der Waals surface area contributed by atoms with E-state index in [9.17, 15) is 20.1 Å². The minimum absolute atomic E-state index is 0.110. The molecule has 0 radical (unpaired) electrons. The zero-order chi connectivity index (χ0) is 18.5. The van der Waals surface area contributed by atoms with Gasteiger partial charge in [0.05, 0.1) is 13.2 Å². The van der Waals surface area contributed by atoms with Gasteiger partial charge in [0.15, 0.2) is 0 Å². The molecule has 3 rings (SSSR count). The van der Waals surface area contributed by atoms with Crippen LogP contribution in [0.25, 0.3) is 0 Å². The highest BCUT2D eigenvalue weighted by atomic mass is 16.7. The highest BCUT2D eigenvalue weighted by molar-refractivity contribution is 5.98. The van der Waals surface area contributed by atoms with Gasteiger partial charge >= 0.3 is 5.97 Å². The summed E-state index contributed by atoms with van der Waals surface area (Å²) < 4.78 is 21.8. The third kappa shape index (κ3) is 2.75. The number of carbonyl (C=O) groups is 1. The Kier molecular flexibility index (Phi) is 4.63. The first-order valence-corrected chi connectivity index (χ1v) is 8.01. The SMILES string of the molecule is COc1c(C)c2c(c(O[C@@H]3O[C@@H](C)[C@H](O)[C@@H](O)[C@H]3O)c1C)C(=O)OC2. The van der Waals surface area contributed by atoms with Gasteiger partial charge in [0.25, 0.3) is 0 Å². The van der Waals surface area contributed by atoms with Crippen LogP contribution in [0.1, 0.15) is 34.0 Å². The Balaban J connectivity index is 2.03. The lowest BCUT2D eigenvalue weighted by atomic mass is 9.97. The second-order valence-electron chi connectivity index (χ2n) is 6.34. The standard InChI is InChI=1S/C17H22O8/c1-6-9-5-23-16(21)10(9)15(7(2)14(6)22-4)25-17-13(20)12(19)11(18)8(3)24-17/h8,11-13,17-20H,5H2,1-4H3/t8-,11-,12+,13+,17-/m0/s1. The molecule has 5 atom stereocenters. The number of hydrogen-bond donors (Lipinski definition) is 3. The topological polar surface area (TPSA) is 115 Å². The molecule has 2 aliphatic rings. The van der Waals surface area contributed by atoms with Crippen molar-refractivity contribution in [3.63, 3.8) is 0 Å². The van der Waals surface area contributed by atoms with E-state index >= 15 is 0 Å². The van der Waals surface area contributed by atoms with Gasteiger partial charge < -0.3 is 34.3 Å². The average Bonchev–Trinajstić information content (AvgIpc) is 2.96. The van der Waals surface area contributed by atoms with E-state index in [1.54, 1.807) is 13.8 Å². The summed E-state index contributed by atoms with van der Waals surface area (Å²) in [5, 5.41) is 29.9. The molecule has 0 bridgehead atoms. The fourth-order valence-corrected chi connectivity index (χ4v) is 3.32. The molecular weight excluding hydrogens is 332 g/mol. The largest absolute Gasteiger partial charge is 0.496 e. The van der Waals surface area contributed by atoms with Crippen molar-refractivity contribution >= 4 is 5.97 Å². The molecule has 0 spiro atoms. The summed E-state index contributed by atoms with van der Waals surface area (Å²) in [6, 6.07) is 0. The van der Waals surface area contributed by atoms with E-state index < -0.39 is 36.7 Å². The van der Waals surface area contributed by atoms with Gasteiger partial charge in [0, 0.05) is 11.1 Å². The molecule has 0 amide bonds. The Labute approximate surface area is 144 Å². The van der Waals surface area contributed by atoms with Crippen molar-refractivity contribution in [3.05, 3.63) is 22.3 Å². The normalized spacial score (nSPS) is 31.5. The lowest BCUT2D eigenvalue weighted by molar-refractivity contribution is -0.268. The zero-order valence-electron chi connectivity index (χ0n) is 14.5. The number of rotatable bonds is 3. The summed E-state index contributed by atoms with van der Waals surface area (Å²) in [5.74, 6) is 0.198. The predicted molar refractivity (Wildman–Crippen MR) is 84.6 cm³/mol. The Hall–Kier alpha value is -1.87. The summed E-state index contributed by atoms with van der Waals surface area (Å²) in [7, 11) is 1.51. The van der Waals surface area contributed by atoms with E-state index in [1.165, 1.54) is 7.11 Å². The quantitative estimate of drug-likeness (QED) is 0.659. The summed E-state index contributed by atoms with van der Waals surface area (Å²) in [5.41, 5.74) is 2.25. The lowest BCUT2D eigenvalue weighted by Gasteiger charge is -2.39. The molecule has 0 saturated carbocycles. The van der Waals surface area contributed by atoms with Crippen molar-refractivity contribution in [3.8, 4) is 11.5 Å². The second-order valence-corrected chi connectivity index (χ2v) is 6.34. The summed E-state index contributed by atoms with van der Waals surface area (Å²) in [6.07, 6.45) is -6.15. The average molecular weight is 354 g/mol. The fraction of sp³-hybridized carbons (Fsp3) is 0.588. The van der Waals surface area contributed by atoms with Gasteiger partial charge in [-0.1, -0.05) is 0 Å². The summed E-state index contributed by atoms with van der Waals surface area (Å²) in [4.78, 5) is 12.2. The zero-order valence-corrected chi connectivity index (χ0v) is 14.5. The first-order chi connectivity index (χ1) is 11.8. The lowest BCUT2D eigenvalue weighted by Crippen LogP contribution is -2.58. The molecule has 1 aromatic rings. The summed E-state index contributed by atoms with van der Waals surface area (Å²) >= 11 is 0. The number of aliphatic hydroxyl groups is 3. The number of ether oxygens (including phenoxy) is 4. The molecule has 1 aromatic carbocycles. The van der Waals surface area contributed by atoms with Gasteiger partial charge in [-0.3, -0.25) is 0 Å². The number of cyclic esters (lactones) is 1. The molecule has 2 heterocycles. The first-order valence-electron chi connectivity index (χ1n) is 8.01. The van der Waals surface area contributed by atoms with Crippen LogP contribution in [0.5, 0.6) is 11.5 Å². The van der Waals surface area contributed by atoms with E-state index in [-0.39, 0.29) is 17.9 Å². The number of benzene rings is 1. The monoisotopic (exact) mass is 354 g/mol.